The number of hydrogen-bond acceptors (Lipinski definition) is 2. The van der Waals surface area contributed by atoms with Crippen molar-refractivity contribution < 1.29 is 5.11 Å². The fraction of sp³-hybridized carbons (Fsp3) is 0.381. The number of benzene rings is 2. The van der Waals surface area contributed by atoms with Crippen LogP contribution in [-0.2, 0) is 0 Å². The Bertz CT molecular complexity index is 919. The summed E-state index contributed by atoms with van der Waals surface area (Å²) < 4.78 is 0. The first-order chi connectivity index (χ1) is 11.2. The lowest BCUT2D eigenvalue weighted by atomic mass is 9.93. The number of nitrogens with one attached hydrogen (secondary N) is 1. The van der Waals surface area contributed by atoms with E-state index < -0.39 is 0 Å². The van der Waals surface area contributed by atoms with Crippen LogP contribution in [-0.4, -0.2) is 15.1 Å². The molecule has 0 aliphatic rings. The second-order valence-corrected chi connectivity index (χ2v) is 7.03. The number of imidazole rings is 1. The van der Waals surface area contributed by atoms with Crippen LogP contribution in [0.1, 0.15) is 44.5 Å². The number of H-pyrrole nitrogens is 1. The molecule has 3 aromatic rings. The van der Waals surface area contributed by atoms with Gasteiger partial charge in [-0.3, -0.25) is 0 Å². The number of aryl methyl sites for hydroxylation is 2. The van der Waals surface area contributed by atoms with E-state index in [4.69, 9.17) is 4.98 Å². The topological polar surface area (TPSA) is 48.9 Å². The summed E-state index contributed by atoms with van der Waals surface area (Å²) in [5.74, 6) is 1.08. The predicted molar refractivity (Wildman–Crippen MR) is 101 cm³/mol. The molecule has 2 N–H and O–H groups in total. The average molecular weight is 322 g/mol. The van der Waals surface area contributed by atoms with Gasteiger partial charge in [0.15, 0.2) is 0 Å². The van der Waals surface area contributed by atoms with Gasteiger partial charge in [-0.15, -0.1) is 0 Å². The Hall–Kier alpha value is -2.29. The molecular formula is C21H26N2O. The summed E-state index contributed by atoms with van der Waals surface area (Å²) in [4.78, 5) is 8.34. The molecule has 3 nitrogen and oxygen atoms in total. The summed E-state index contributed by atoms with van der Waals surface area (Å²) in [6, 6.07) is 0. The van der Waals surface area contributed by atoms with E-state index in [0.717, 1.165) is 39.1 Å². The molecule has 3 heteroatoms. The molecular weight excluding hydrogens is 296 g/mol. The number of fused-ring (bicyclic) bond motifs is 1. The standard InChI is InChI=1S/C21H26N2O/c1-9-12(4)16(8)20(24)17(13(9)5)21-22-18-14(6)10(2)11(3)15(7)19(18)23-21/h24H,1-8H3,(H,22,23). The minimum absolute atomic E-state index is 0.332. The van der Waals surface area contributed by atoms with Crippen molar-refractivity contribution in [1.82, 2.24) is 9.97 Å². The van der Waals surface area contributed by atoms with Crippen molar-refractivity contribution in [2.45, 2.75) is 55.4 Å². The Labute approximate surface area is 143 Å². The highest BCUT2D eigenvalue weighted by Gasteiger charge is 2.20. The first-order valence-corrected chi connectivity index (χ1v) is 8.42. The first-order valence-electron chi connectivity index (χ1n) is 8.42. The van der Waals surface area contributed by atoms with Gasteiger partial charge in [0.1, 0.15) is 11.6 Å². The molecule has 24 heavy (non-hydrogen) atoms. The smallest absolute Gasteiger partial charge is 0.142 e. The zero-order chi connectivity index (χ0) is 17.9. The van der Waals surface area contributed by atoms with Crippen LogP contribution in [0, 0.1) is 55.4 Å². The normalized spacial score (nSPS) is 11.5. The second kappa shape index (κ2) is 5.37. The van der Waals surface area contributed by atoms with Crippen LogP contribution in [0.25, 0.3) is 22.4 Å². The molecule has 0 radical (unpaired) electrons. The summed E-state index contributed by atoms with van der Waals surface area (Å²) in [7, 11) is 0. The molecule has 2 aromatic carbocycles. The van der Waals surface area contributed by atoms with Gasteiger partial charge < -0.3 is 10.1 Å². The van der Waals surface area contributed by atoms with E-state index in [0.29, 0.717) is 5.75 Å². The highest BCUT2D eigenvalue weighted by atomic mass is 16.3. The van der Waals surface area contributed by atoms with Crippen LogP contribution in [0.5, 0.6) is 5.75 Å². The third kappa shape index (κ3) is 2.07. The van der Waals surface area contributed by atoms with Gasteiger partial charge >= 0.3 is 0 Å². The van der Waals surface area contributed by atoms with Gasteiger partial charge in [-0.2, -0.15) is 0 Å². The summed E-state index contributed by atoms with van der Waals surface area (Å²) in [6.07, 6.45) is 0. The van der Waals surface area contributed by atoms with Crippen molar-refractivity contribution in [2.75, 3.05) is 0 Å². The van der Waals surface area contributed by atoms with Crippen molar-refractivity contribution in [3.63, 3.8) is 0 Å². The third-order valence-electron chi connectivity index (χ3n) is 6.01. The van der Waals surface area contributed by atoms with Crippen LogP contribution < -0.4 is 0 Å². The summed E-state index contributed by atoms with van der Waals surface area (Å²) in [5, 5.41) is 10.8. The van der Waals surface area contributed by atoms with Crippen molar-refractivity contribution in [1.29, 1.82) is 0 Å². The van der Waals surface area contributed by atoms with Crippen LogP contribution in [0.4, 0.5) is 0 Å². The van der Waals surface area contributed by atoms with E-state index in [1.54, 1.807) is 0 Å². The molecule has 0 aliphatic heterocycles. The summed E-state index contributed by atoms with van der Waals surface area (Å²) in [6.45, 7) is 16.7. The first kappa shape index (κ1) is 16.6. The maximum Gasteiger partial charge on any atom is 0.142 e. The van der Waals surface area contributed by atoms with Gasteiger partial charge in [-0.25, -0.2) is 4.98 Å². The van der Waals surface area contributed by atoms with E-state index >= 15 is 0 Å². The molecule has 1 heterocycles. The number of phenolic OH excluding ortho intramolecular Hbond substituents is 1. The fourth-order valence-electron chi connectivity index (χ4n) is 3.54. The SMILES string of the molecule is Cc1c(C)c(C)c(-c2nc3c(C)c(C)c(C)c(C)c3[nH]2)c(O)c1C. The number of aromatic hydroxyl groups is 1. The Morgan fingerprint density at radius 2 is 1.12 bits per heavy atom. The Morgan fingerprint density at radius 1 is 0.625 bits per heavy atom. The highest BCUT2D eigenvalue weighted by molar-refractivity contribution is 5.89. The predicted octanol–water partition coefficient (Wildman–Crippen LogP) is 5.40. The highest BCUT2D eigenvalue weighted by Crippen LogP contribution is 2.39. The number of hydrogen-bond donors (Lipinski definition) is 2. The van der Waals surface area contributed by atoms with E-state index in [1.165, 1.54) is 27.8 Å². The maximum absolute atomic E-state index is 10.8. The van der Waals surface area contributed by atoms with Gasteiger partial charge in [0.25, 0.3) is 0 Å². The molecule has 0 saturated carbocycles. The van der Waals surface area contributed by atoms with Gasteiger partial charge in [-0.1, -0.05) is 0 Å². The van der Waals surface area contributed by atoms with E-state index in [-0.39, 0.29) is 0 Å². The van der Waals surface area contributed by atoms with E-state index in [1.807, 2.05) is 6.92 Å². The number of phenols is 1. The van der Waals surface area contributed by atoms with Crippen LogP contribution >= 0.6 is 0 Å². The second-order valence-electron chi connectivity index (χ2n) is 7.03. The van der Waals surface area contributed by atoms with Crippen molar-refractivity contribution in [3.8, 4) is 17.1 Å². The number of aromatic amines is 1. The number of aromatic nitrogens is 2. The lowest BCUT2D eigenvalue weighted by Crippen LogP contribution is -1.97. The van der Waals surface area contributed by atoms with Crippen LogP contribution in [0.3, 0.4) is 0 Å². The van der Waals surface area contributed by atoms with Crippen molar-refractivity contribution in [2.24, 2.45) is 0 Å². The van der Waals surface area contributed by atoms with Crippen molar-refractivity contribution >= 4 is 11.0 Å². The molecule has 0 saturated heterocycles. The molecule has 0 atom stereocenters. The van der Waals surface area contributed by atoms with Crippen LogP contribution in [0.15, 0.2) is 0 Å². The van der Waals surface area contributed by atoms with Gasteiger partial charge in [-0.05, 0) is 99.9 Å². The van der Waals surface area contributed by atoms with Crippen molar-refractivity contribution in [3.05, 3.63) is 44.5 Å². The van der Waals surface area contributed by atoms with Gasteiger partial charge in [0.2, 0.25) is 0 Å². The van der Waals surface area contributed by atoms with Gasteiger partial charge in [0.05, 0.1) is 16.6 Å². The Morgan fingerprint density at radius 3 is 1.75 bits per heavy atom. The molecule has 0 fully saturated rings. The zero-order valence-electron chi connectivity index (χ0n) is 15.9. The van der Waals surface area contributed by atoms with E-state index in [2.05, 4.69) is 53.5 Å². The molecule has 0 unspecified atom stereocenters. The molecule has 0 aliphatic carbocycles. The molecule has 0 amide bonds. The molecule has 0 bridgehead atoms. The summed E-state index contributed by atoms with van der Waals surface area (Å²) in [5.41, 5.74) is 12.3. The monoisotopic (exact) mass is 322 g/mol. The quantitative estimate of drug-likeness (QED) is 0.630. The Kier molecular flexibility index (Phi) is 3.71. The number of nitrogens with zero attached hydrogens (tertiary/aromatic N) is 1. The third-order valence-corrected chi connectivity index (χ3v) is 6.01. The maximum atomic E-state index is 10.8. The molecule has 126 valence electrons. The number of rotatable bonds is 1. The zero-order valence-corrected chi connectivity index (χ0v) is 15.9. The molecule has 0 spiro atoms. The molecule has 3 rings (SSSR count). The Balaban J connectivity index is 2.42. The summed E-state index contributed by atoms with van der Waals surface area (Å²) >= 11 is 0. The minimum Gasteiger partial charge on any atom is -0.507 e. The largest absolute Gasteiger partial charge is 0.507 e. The lowest BCUT2D eigenvalue weighted by Gasteiger charge is -2.15. The lowest BCUT2D eigenvalue weighted by molar-refractivity contribution is 0.471. The minimum atomic E-state index is 0.332. The van der Waals surface area contributed by atoms with Gasteiger partial charge in [0, 0.05) is 0 Å². The average Bonchev–Trinajstić information content (AvgIpc) is 2.99. The van der Waals surface area contributed by atoms with Crippen LogP contribution in [0.2, 0.25) is 0 Å². The van der Waals surface area contributed by atoms with E-state index in [9.17, 15) is 5.11 Å². The molecule has 1 aromatic heterocycles. The fourth-order valence-corrected chi connectivity index (χ4v) is 3.54.